The van der Waals surface area contributed by atoms with Crippen LogP contribution in [-0.2, 0) is 0 Å². The van der Waals surface area contributed by atoms with Crippen molar-refractivity contribution < 1.29 is 4.42 Å². The molecule has 0 bridgehead atoms. The van der Waals surface area contributed by atoms with Gasteiger partial charge in [-0.25, -0.2) is 9.48 Å². The number of benzene rings is 1. The highest BCUT2D eigenvalue weighted by Crippen LogP contribution is 2.28. The Morgan fingerprint density at radius 3 is 2.80 bits per heavy atom. The van der Waals surface area contributed by atoms with E-state index in [0.717, 1.165) is 11.4 Å². The van der Waals surface area contributed by atoms with Crippen LogP contribution in [0.1, 0.15) is 5.69 Å². The maximum Gasteiger partial charge on any atom is 0.336 e. The molecule has 0 saturated carbocycles. The third-order valence-electron chi connectivity index (χ3n) is 2.77. The van der Waals surface area contributed by atoms with Gasteiger partial charge in [-0.05, 0) is 31.2 Å². The van der Waals surface area contributed by atoms with E-state index in [1.165, 1.54) is 6.07 Å². The lowest BCUT2D eigenvalue weighted by Gasteiger charge is -2.08. The van der Waals surface area contributed by atoms with Gasteiger partial charge in [-0.15, -0.1) is 5.10 Å². The average Bonchev–Trinajstić information content (AvgIpc) is 2.85. The smallest absolute Gasteiger partial charge is 0.336 e. The van der Waals surface area contributed by atoms with Gasteiger partial charge in [0.25, 0.3) is 0 Å². The zero-order valence-electron chi connectivity index (χ0n) is 10.6. The van der Waals surface area contributed by atoms with E-state index in [9.17, 15) is 4.79 Å². The van der Waals surface area contributed by atoms with Crippen LogP contribution >= 0.6 is 11.6 Å². The Balaban J connectivity index is 2.24. The van der Waals surface area contributed by atoms with Crippen molar-refractivity contribution in [2.24, 2.45) is 0 Å². The molecule has 0 unspecified atom stereocenters. The third-order valence-corrected chi connectivity index (χ3v) is 3.00. The summed E-state index contributed by atoms with van der Waals surface area (Å²) in [6.07, 6.45) is 1.79. The Morgan fingerprint density at radius 1 is 1.25 bits per heavy atom. The lowest BCUT2D eigenvalue weighted by Crippen LogP contribution is -2.00. The van der Waals surface area contributed by atoms with Crippen LogP contribution in [0.15, 0.2) is 51.8 Å². The number of nitrogens with zero attached hydrogens (tertiary/aromatic N) is 3. The highest BCUT2D eigenvalue weighted by atomic mass is 35.5. The highest BCUT2D eigenvalue weighted by molar-refractivity contribution is 6.31. The van der Waals surface area contributed by atoms with Crippen LogP contribution in [0.2, 0.25) is 5.02 Å². The van der Waals surface area contributed by atoms with Crippen molar-refractivity contribution in [3.63, 3.8) is 0 Å². The molecule has 3 aromatic rings. The molecule has 3 rings (SSSR count). The molecule has 0 spiro atoms. The largest absolute Gasteiger partial charge is 0.423 e. The molecule has 2 aromatic heterocycles. The molecular weight excluding hydrogens is 278 g/mol. The molecule has 0 aliphatic carbocycles. The molecule has 2 heterocycles. The summed E-state index contributed by atoms with van der Waals surface area (Å²) in [4.78, 5) is 11.4. The van der Waals surface area contributed by atoms with Crippen LogP contribution in [0.5, 0.6) is 0 Å². The topological polar surface area (TPSA) is 60.9 Å². The van der Waals surface area contributed by atoms with E-state index in [-0.39, 0.29) is 0 Å². The number of aromatic nitrogens is 3. The second-order valence-corrected chi connectivity index (χ2v) is 4.71. The zero-order chi connectivity index (χ0) is 14.1. The van der Waals surface area contributed by atoms with Crippen LogP contribution < -0.4 is 5.63 Å². The molecule has 5 nitrogen and oxygen atoms in total. The van der Waals surface area contributed by atoms with Crippen molar-refractivity contribution in [3.8, 4) is 17.0 Å². The molecule has 0 radical (unpaired) electrons. The van der Waals surface area contributed by atoms with Gasteiger partial charge in [-0.3, -0.25) is 0 Å². The molecule has 0 amide bonds. The van der Waals surface area contributed by atoms with Crippen molar-refractivity contribution in [1.29, 1.82) is 0 Å². The maximum atomic E-state index is 11.4. The van der Waals surface area contributed by atoms with Gasteiger partial charge in [0.05, 0.1) is 17.6 Å². The minimum Gasteiger partial charge on any atom is -0.423 e. The standard InChI is InChI=1S/C14H10ClN3O2/c1-9-8-18(17-16-9)12-6-5-10(15)7-11(12)13-3-2-4-14(19)20-13/h2-8H,1H3. The van der Waals surface area contributed by atoms with Crippen LogP contribution in [0.25, 0.3) is 17.0 Å². The van der Waals surface area contributed by atoms with E-state index >= 15 is 0 Å². The van der Waals surface area contributed by atoms with Gasteiger partial charge in [-0.2, -0.15) is 0 Å². The predicted molar refractivity (Wildman–Crippen MR) is 75.1 cm³/mol. The molecule has 0 fully saturated rings. The molecule has 0 N–H and O–H groups in total. The van der Waals surface area contributed by atoms with E-state index < -0.39 is 5.63 Å². The predicted octanol–water partition coefficient (Wildman–Crippen LogP) is 2.85. The fourth-order valence-corrected chi connectivity index (χ4v) is 2.08. The van der Waals surface area contributed by atoms with Crippen molar-refractivity contribution >= 4 is 11.6 Å². The number of aryl methyl sites for hydroxylation is 1. The minimum atomic E-state index is -0.414. The monoisotopic (exact) mass is 287 g/mol. The first-order valence-electron chi connectivity index (χ1n) is 5.93. The number of hydrogen-bond acceptors (Lipinski definition) is 4. The molecular formula is C14H10ClN3O2. The summed E-state index contributed by atoms with van der Waals surface area (Å²) in [5, 5.41) is 8.53. The normalized spacial score (nSPS) is 10.7. The van der Waals surface area contributed by atoms with Gasteiger partial charge >= 0.3 is 5.63 Å². The van der Waals surface area contributed by atoms with Gasteiger partial charge in [0.2, 0.25) is 0 Å². The van der Waals surface area contributed by atoms with E-state index in [1.807, 2.05) is 6.92 Å². The maximum absolute atomic E-state index is 11.4. The summed E-state index contributed by atoms with van der Waals surface area (Å²) in [5.41, 5.74) is 1.80. The molecule has 100 valence electrons. The molecule has 20 heavy (non-hydrogen) atoms. The summed E-state index contributed by atoms with van der Waals surface area (Å²) in [7, 11) is 0. The Morgan fingerprint density at radius 2 is 2.10 bits per heavy atom. The Bertz CT molecular complexity index is 823. The summed E-state index contributed by atoms with van der Waals surface area (Å²) in [6, 6.07) is 9.98. The summed E-state index contributed by atoms with van der Waals surface area (Å²) in [5.74, 6) is 0.433. The van der Waals surface area contributed by atoms with E-state index in [1.54, 1.807) is 41.2 Å². The van der Waals surface area contributed by atoms with Gasteiger partial charge in [0.15, 0.2) is 0 Å². The summed E-state index contributed by atoms with van der Waals surface area (Å²) < 4.78 is 6.83. The summed E-state index contributed by atoms with van der Waals surface area (Å²) in [6.45, 7) is 1.85. The number of halogens is 1. The van der Waals surface area contributed by atoms with E-state index in [0.29, 0.717) is 16.3 Å². The van der Waals surface area contributed by atoms with Gasteiger partial charge in [0.1, 0.15) is 5.76 Å². The van der Waals surface area contributed by atoms with Crippen LogP contribution in [0, 0.1) is 6.92 Å². The van der Waals surface area contributed by atoms with Gasteiger partial charge in [-0.1, -0.05) is 22.9 Å². The average molecular weight is 288 g/mol. The van der Waals surface area contributed by atoms with Crippen LogP contribution in [-0.4, -0.2) is 15.0 Å². The Hall–Kier alpha value is -2.40. The molecule has 0 aliphatic heterocycles. The van der Waals surface area contributed by atoms with Crippen LogP contribution in [0.3, 0.4) is 0 Å². The lowest BCUT2D eigenvalue weighted by atomic mass is 10.1. The molecule has 6 heteroatoms. The number of rotatable bonds is 2. The van der Waals surface area contributed by atoms with Gasteiger partial charge < -0.3 is 4.42 Å². The second-order valence-electron chi connectivity index (χ2n) is 4.28. The van der Waals surface area contributed by atoms with E-state index in [4.69, 9.17) is 16.0 Å². The van der Waals surface area contributed by atoms with Crippen molar-refractivity contribution in [1.82, 2.24) is 15.0 Å². The van der Waals surface area contributed by atoms with Gasteiger partial charge in [0, 0.05) is 16.7 Å². The molecule has 1 aromatic carbocycles. The number of hydrogen-bond donors (Lipinski definition) is 0. The molecule has 0 aliphatic rings. The van der Waals surface area contributed by atoms with Crippen LogP contribution in [0.4, 0.5) is 0 Å². The molecule has 0 atom stereocenters. The Labute approximate surface area is 119 Å². The fraction of sp³-hybridized carbons (Fsp3) is 0.0714. The third kappa shape index (κ3) is 2.35. The molecule has 0 saturated heterocycles. The second kappa shape index (κ2) is 4.94. The van der Waals surface area contributed by atoms with Crippen molar-refractivity contribution in [2.75, 3.05) is 0 Å². The summed E-state index contributed by atoms with van der Waals surface area (Å²) >= 11 is 6.03. The quantitative estimate of drug-likeness (QED) is 0.727. The fourth-order valence-electron chi connectivity index (χ4n) is 1.91. The minimum absolute atomic E-state index is 0.414. The Kier molecular flexibility index (Phi) is 3.12. The first-order chi connectivity index (χ1) is 9.63. The SMILES string of the molecule is Cc1cn(-c2ccc(Cl)cc2-c2cccc(=O)o2)nn1. The van der Waals surface area contributed by atoms with E-state index in [2.05, 4.69) is 10.3 Å². The first kappa shape index (κ1) is 12.6. The lowest BCUT2D eigenvalue weighted by molar-refractivity contribution is 0.525. The zero-order valence-corrected chi connectivity index (χ0v) is 11.3. The highest BCUT2D eigenvalue weighted by Gasteiger charge is 2.11. The van der Waals surface area contributed by atoms with Crippen molar-refractivity contribution in [2.45, 2.75) is 6.92 Å². The first-order valence-corrected chi connectivity index (χ1v) is 6.31. The van der Waals surface area contributed by atoms with Crippen molar-refractivity contribution in [3.05, 3.63) is 63.7 Å².